The van der Waals surface area contributed by atoms with E-state index in [0.717, 1.165) is 0 Å². The summed E-state index contributed by atoms with van der Waals surface area (Å²) in [5.41, 5.74) is 0. The first-order valence-corrected chi connectivity index (χ1v) is 8.25. The smallest absolute Gasteiger partial charge is 4.00 e. The predicted octanol–water partition coefficient (Wildman–Crippen LogP) is -8.24. The topological polar surface area (TPSA) is 241 Å². The van der Waals surface area contributed by atoms with E-state index in [9.17, 15) is 0 Å². The molecule has 0 aromatic carbocycles. The van der Waals surface area contributed by atoms with E-state index in [1.54, 1.807) is 0 Å². The van der Waals surface area contributed by atoms with Gasteiger partial charge in [-0.1, -0.05) is 0 Å². The molecule has 17 heavy (non-hydrogen) atoms. The minimum Gasteiger partial charge on any atom is 4.00 e. The van der Waals surface area contributed by atoms with Gasteiger partial charge >= 0.3 is 159 Å². The molecule has 0 atom stereocenters. The van der Waals surface area contributed by atoms with Gasteiger partial charge in [-0.25, -0.2) is 0 Å². The van der Waals surface area contributed by atoms with Gasteiger partial charge in [0.1, 0.15) is 0 Å². The van der Waals surface area contributed by atoms with Crippen LogP contribution in [-0.4, -0.2) is 48.9 Å². The Bertz CT molecular complexity index is 343. The molecule has 0 saturated carbocycles. The van der Waals surface area contributed by atoms with Gasteiger partial charge < -0.3 is 0 Å². The number of rotatable bonds is 0. The van der Waals surface area contributed by atoms with E-state index in [1.807, 2.05) is 0 Å². The van der Waals surface area contributed by atoms with Crippen molar-refractivity contribution in [1.29, 1.82) is 0 Å². The molecule has 17 heteroatoms. The van der Waals surface area contributed by atoms with Crippen LogP contribution in [0.4, 0.5) is 0 Å². The molecule has 0 aliphatic heterocycles. The normalized spacial score (nSPS) is 10.2. The van der Waals surface area contributed by atoms with Crippen LogP contribution in [0.1, 0.15) is 0 Å². The van der Waals surface area contributed by atoms with E-state index in [-0.39, 0.29) is 69.9 Å². The molecule has 0 aliphatic carbocycles. The zero-order valence-electron chi connectivity index (χ0n) is 7.24. The molecule has 0 heterocycles. The quantitative estimate of drug-likeness (QED) is 0.219. The van der Waals surface area contributed by atoms with Crippen LogP contribution < -0.4 is 24.9 Å². The largest absolute Gasteiger partial charge is 4.00 e. The second-order valence-electron chi connectivity index (χ2n) is 1.22. The molecule has 0 amide bonds. The summed E-state index contributed by atoms with van der Waals surface area (Å²) in [6, 6.07) is 0. The predicted molar refractivity (Wildman–Crippen MR) is 9.87 cm³/mol. The molecule has 0 radical (unpaired) electrons. The minimum atomic E-state index is -5.75. The van der Waals surface area contributed by atoms with Crippen LogP contribution in [0.5, 0.6) is 0 Å². The Morgan fingerprint density at radius 1 is 0.471 bits per heavy atom. The molecule has 98 valence electrons. The monoisotopic (exact) mass is 670 g/mol. The fourth-order valence-electron chi connectivity index (χ4n) is 0. The second kappa shape index (κ2) is 13.4. The molecule has 0 aromatic rings. The molecule has 0 aromatic heterocycles. The van der Waals surface area contributed by atoms with Crippen molar-refractivity contribution in [3.05, 3.63) is 0 Å². The van der Waals surface area contributed by atoms with E-state index in [0.29, 0.717) is 0 Å². The summed E-state index contributed by atoms with van der Waals surface area (Å²) in [7, 11) is 0. The summed E-state index contributed by atoms with van der Waals surface area (Å²) in [6.45, 7) is 0. The van der Waals surface area contributed by atoms with Crippen molar-refractivity contribution in [3.8, 4) is 0 Å². The molecule has 0 aliphatic rings. The van der Waals surface area contributed by atoms with Gasteiger partial charge in [0.2, 0.25) is 0 Å². The van der Waals surface area contributed by atoms with Gasteiger partial charge in [0.25, 0.3) is 0 Å². The van der Waals surface area contributed by atoms with Crippen molar-refractivity contribution in [3.63, 3.8) is 0 Å². The third-order valence-corrected chi connectivity index (χ3v) is 0. The first kappa shape index (κ1) is 31.7. The van der Waals surface area contributed by atoms with Crippen LogP contribution in [0.3, 0.4) is 0 Å². The summed E-state index contributed by atoms with van der Waals surface area (Å²) in [4.78, 5) is 0. The first-order valence-electron chi connectivity index (χ1n) is 2.00. The van der Waals surface area contributed by atoms with Gasteiger partial charge in [-0.2, -0.15) is 0 Å². The third kappa shape index (κ3) is 850. The molecule has 0 unspecified atom stereocenters. The Hall–Kier alpha value is 2.42. The minimum absolute atomic E-state index is 0. The molecular formula is BaCr3O12W. The van der Waals surface area contributed by atoms with E-state index in [1.165, 1.54) is 0 Å². The van der Waals surface area contributed by atoms with Gasteiger partial charge in [0.05, 0.1) is 0 Å². The molecule has 0 spiro atoms. The molecule has 0 bridgehead atoms. The number of hydrogen-bond donors (Lipinski definition) is 0. The van der Waals surface area contributed by atoms with Crippen molar-refractivity contribution in [1.82, 2.24) is 0 Å². The van der Waals surface area contributed by atoms with Crippen LogP contribution in [0.15, 0.2) is 0 Å². The van der Waals surface area contributed by atoms with Gasteiger partial charge in [0, 0.05) is 0 Å². The average Bonchev–Trinajstić information content (AvgIpc) is 1.41. The molecule has 0 fully saturated rings. The van der Waals surface area contributed by atoms with Crippen molar-refractivity contribution in [2.24, 2.45) is 0 Å². The zero-order valence-corrected chi connectivity index (χ0v) is 18.4. The third-order valence-electron chi connectivity index (χ3n) is 0. The molecule has 0 rings (SSSR count). The molecule has 0 saturated heterocycles. The Morgan fingerprint density at radius 2 is 0.471 bits per heavy atom. The van der Waals surface area contributed by atoms with E-state index in [2.05, 4.69) is 0 Å². The van der Waals surface area contributed by atoms with Gasteiger partial charge in [-0.15, -0.1) is 0 Å². The summed E-state index contributed by atoms with van der Waals surface area (Å²) in [5, 5.41) is 0. The standard InChI is InChI=1S/Ba.3Cr.12O.W/q+2;;;;;;;;;;6*-1;+4. The van der Waals surface area contributed by atoms with Crippen LogP contribution in [-0.2, 0) is 84.7 Å². The second-order valence-corrected chi connectivity index (χ2v) is 5.05. The fraction of sp³-hybridized carbons (Fsp3) is 0. The van der Waals surface area contributed by atoms with E-state index in [4.69, 9.17) is 47.8 Å². The fourth-order valence-corrected chi connectivity index (χ4v) is 0. The summed E-state index contributed by atoms with van der Waals surface area (Å²) in [5.74, 6) is 0. The maximum Gasteiger partial charge on any atom is 4.00 e. The Morgan fingerprint density at radius 3 is 0.471 bits per heavy atom. The van der Waals surface area contributed by atoms with Crippen LogP contribution in [0.25, 0.3) is 0 Å². The van der Waals surface area contributed by atoms with Crippen molar-refractivity contribution >= 4 is 48.9 Å². The Labute approximate surface area is 156 Å². The van der Waals surface area contributed by atoms with E-state index < -0.39 is 40.8 Å². The van der Waals surface area contributed by atoms with Gasteiger partial charge in [-0.3, -0.25) is 0 Å². The Kier molecular flexibility index (Phi) is 25.0. The molecule has 0 N–H and O–H groups in total. The number of hydrogen-bond acceptors (Lipinski definition) is 12. The molecule has 12 nitrogen and oxygen atoms in total. The van der Waals surface area contributed by atoms with Crippen LogP contribution in [0.2, 0.25) is 0 Å². The summed E-state index contributed by atoms with van der Waals surface area (Å²) < 4.78 is 103. The van der Waals surface area contributed by atoms with E-state index >= 15 is 0 Å². The van der Waals surface area contributed by atoms with Crippen LogP contribution in [0, 0.1) is 0 Å². The summed E-state index contributed by atoms with van der Waals surface area (Å²) in [6.07, 6.45) is 0. The maximum atomic E-state index is 8.59. The Balaban J connectivity index is -0.0000000400. The molecular weight excluding hydrogens is 669 g/mol. The van der Waals surface area contributed by atoms with Gasteiger partial charge in [-0.05, 0) is 0 Å². The maximum absolute atomic E-state index is 8.59. The zero-order chi connectivity index (χ0) is 13.5. The summed E-state index contributed by atoms with van der Waals surface area (Å²) >= 11 is -17.2. The SMILES string of the molecule is [Ba+2].[O]=[Cr](=[O])([O-])[O-].[O]=[Cr](=[O])([O-])[O-].[O]=[Cr](=[O])([O-])[O-].[W+4]. The van der Waals surface area contributed by atoms with Crippen molar-refractivity contribution < 1.29 is 110 Å². The van der Waals surface area contributed by atoms with Crippen molar-refractivity contribution in [2.75, 3.05) is 0 Å². The van der Waals surface area contributed by atoms with Gasteiger partial charge in [0.15, 0.2) is 0 Å². The van der Waals surface area contributed by atoms with Crippen LogP contribution >= 0.6 is 0 Å². The van der Waals surface area contributed by atoms with Crippen molar-refractivity contribution in [2.45, 2.75) is 0 Å². The first-order chi connectivity index (χ1) is 6.00. The average molecular weight is 669 g/mol.